The van der Waals surface area contributed by atoms with Crippen LogP contribution < -0.4 is 5.14 Å². The van der Waals surface area contributed by atoms with Crippen molar-refractivity contribution in [1.29, 1.82) is 0 Å². The van der Waals surface area contributed by atoms with Crippen LogP contribution >= 0.6 is 15.9 Å². The van der Waals surface area contributed by atoms with Gasteiger partial charge in [0, 0.05) is 21.9 Å². The quantitative estimate of drug-likeness (QED) is 0.357. The van der Waals surface area contributed by atoms with E-state index in [0.29, 0.717) is 12.8 Å². The van der Waals surface area contributed by atoms with E-state index in [0.717, 1.165) is 38.1 Å². The van der Waals surface area contributed by atoms with Crippen LogP contribution in [0.3, 0.4) is 0 Å². The van der Waals surface area contributed by atoms with Gasteiger partial charge < -0.3 is 4.52 Å². The van der Waals surface area contributed by atoms with Gasteiger partial charge in [0.2, 0.25) is 0 Å². The highest BCUT2D eigenvalue weighted by Crippen LogP contribution is 2.37. The second-order valence-electron chi connectivity index (χ2n) is 7.34. The zero-order valence-electron chi connectivity index (χ0n) is 16.5. The van der Waals surface area contributed by atoms with E-state index < -0.39 is 11.0 Å². The molecule has 0 aliphatic rings. The number of hydrogen-bond donors (Lipinski definition) is 1. The number of halogens is 1. The first-order chi connectivity index (χ1) is 14.5. The van der Waals surface area contributed by atoms with Crippen LogP contribution in [-0.4, -0.2) is 19.6 Å². The molecular formula is C23H22BrN3O2S. The summed E-state index contributed by atoms with van der Waals surface area (Å²) < 4.78 is 18.3. The summed E-state index contributed by atoms with van der Waals surface area (Å²) in [7, 11) is -1.40. The van der Waals surface area contributed by atoms with Crippen molar-refractivity contribution in [3.05, 3.63) is 82.6 Å². The molecule has 0 spiro atoms. The summed E-state index contributed by atoms with van der Waals surface area (Å²) in [6.07, 6.45) is 1.37. The summed E-state index contributed by atoms with van der Waals surface area (Å²) in [6.45, 7) is 1.92. The summed E-state index contributed by atoms with van der Waals surface area (Å²) in [6, 6.07) is 21.9. The fourth-order valence-corrected chi connectivity index (χ4v) is 4.58. The van der Waals surface area contributed by atoms with Gasteiger partial charge in [-0.2, -0.15) is 0 Å². The number of aromatic nitrogens is 2. The number of hydrogen-bond acceptors (Lipinski definition) is 4. The van der Waals surface area contributed by atoms with Gasteiger partial charge in [0.15, 0.2) is 5.58 Å². The Morgan fingerprint density at radius 3 is 2.63 bits per heavy atom. The van der Waals surface area contributed by atoms with Gasteiger partial charge in [-0.25, -0.2) is 9.19 Å². The molecule has 4 rings (SSSR count). The van der Waals surface area contributed by atoms with Crippen LogP contribution in [0.2, 0.25) is 0 Å². The Morgan fingerprint density at radius 2 is 1.83 bits per heavy atom. The van der Waals surface area contributed by atoms with E-state index in [9.17, 15) is 4.21 Å². The second-order valence-corrected chi connectivity index (χ2v) is 9.62. The van der Waals surface area contributed by atoms with Gasteiger partial charge in [-0.3, -0.25) is 5.14 Å². The number of nitrogens with two attached hydrogens (primary N) is 1. The van der Waals surface area contributed by atoms with Crippen LogP contribution in [0.5, 0.6) is 0 Å². The van der Waals surface area contributed by atoms with E-state index in [2.05, 4.69) is 38.2 Å². The second kappa shape index (κ2) is 9.20. The molecule has 0 aliphatic carbocycles. The number of pyridine rings is 1. The Kier molecular flexibility index (Phi) is 6.41. The van der Waals surface area contributed by atoms with Crippen molar-refractivity contribution >= 4 is 37.9 Å². The normalized spacial score (nSPS) is 14.5. The third kappa shape index (κ3) is 4.53. The van der Waals surface area contributed by atoms with Gasteiger partial charge in [-0.15, -0.1) is 0 Å². The van der Waals surface area contributed by atoms with Crippen molar-refractivity contribution in [3.8, 4) is 11.3 Å². The maximum atomic E-state index is 11.9. The third-order valence-corrected chi connectivity index (χ3v) is 6.70. The Morgan fingerprint density at radius 1 is 1.07 bits per heavy atom. The molecule has 3 atom stereocenters. The lowest BCUT2D eigenvalue weighted by molar-refractivity contribution is 0.459. The van der Waals surface area contributed by atoms with Crippen LogP contribution in [0.1, 0.15) is 30.5 Å². The number of rotatable bonds is 7. The highest BCUT2D eigenvalue weighted by molar-refractivity contribution is 9.10. The fourth-order valence-electron chi connectivity index (χ4n) is 3.78. The van der Waals surface area contributed by atoms with Gasteiger partial charge in [-0.05, 0) is 71.4 Å². The minimum absolute atomic E-state index is 0.0703. The van der Waals surface area contributed by atoms with Gasteiger partial charge in [0.25, 0.3) is 0 Å². The topological polar surface area (TPSA) is 82.0 Å². The molecule has 154 valence electrons. The molecule has 0 aliphatic heterocycles. The van der Waals surface area contributed by atoms with Gasteiger partial charge in [0.1, 0.15) is 10.3 Å². The van der Waals surface area contributed by atoms with Crippen molar-refractivity contribution in [2.24, 2.45) is 5.14 Å². The monoisotopic (exact) mass is 483 g/mol. The molecule has 0 saturated heterocycles. The lowest BCUT2D eigenvalue weighted by Gasteiger charge is -2.22. The number of fused-ring (bicyclic) bond motifs is 1. The predicted octanol–water partition coefficient (Wildman–Crippen LogP) is 5.38. The molecule has 30 heavy (non-hydrogen) atoms. The summed E-state index contributed by atoms with van der Waals surface area (Å²) in [5.41, 5.74) is 4.66. The molecule has 7 heteroatoms. The average Bonchev–Trinajstić information content (AvgIpc) is 3.17. The molecule has 0 amide bonds. The van der Waals surface area contributed by atoms with Crippen molar-refractivity contribution in [3.63, 3.8) is 0 Å². The minimum Gasteiger partial charge on any atom is -0.356 e. The first kappa shape index (κ1) is 20.9. The summed E-state index contributed by atoms with van der Waals surface area (Å²) in [5.74, 6) is 0.0703. The molecule has 0 fully saturated rings. The zero-order chi connectivity index (χ0) is 21.1. The molecule has 4 aromatic rings. The van der Waals surface area contributed by atoms with Gasteiger partial charge in [-0.1, -0.05) is 47.6 Å². The Hall–Kier alpha value is -2.35. The van der Waals surface area contributed by atoms with Crippen LogP contribution in [0, 0.1) is 0 Å². The molecule has 0 saturated carbocycles. The molecule has 2 N–H and O–H groups in total. The van der Waals surface area contributed by atoms with Crippen molar-refractivity contribution in [2.45, 2.75) is 30.9 Å². The molecule has 0 radical (unpaired) electrons. The zero-order valence-corrected chi connectivity index (χ0v) is 18.9. The van der Waals surface area contributed by atoms with E-state index in [-0.39, 0.29) is 11.2 Å². The van der Waals surface area contributed by atoms with Crippen LogP contribution in [0.4, 0.5) is 0 Å². The summed E-state index contributed by atoms with van der Waals surface area (Å²) >= 11 is 3.45. The first-order valence-corrected chi connectivity index (χ1v) is 11.8. The lowest BCUT2D eigenvalue weighted by atomic mass is 9.85. The molecule has 2 unspecified atom stereocenters. The average molecular weight is 484 g/mol. The minimum atomic E-state index is -1.40. The SMILES string of the molecule is CC(C[C@H](Cc1cccc(Br)n1)c1ccccc1-c1noc2ccccc12)S(N)=O. The highest BCUT2D eigenvalue weighted by atomic mass is 79.9. The maximum Gasteiger partial charge on any atom is 0.167 e. The van der Waals surface area contributed by atoms with E-state index in [1.165, 1.54) is 0 Å². The van der Waals surface area contributed by atoms with Crippen LogP contribution in [0.25, 0.3) is 22.2 Å². The van der Waals surface area contributed by atoms with E-state index in [1.54, 1.807) is 0 Å². The molecule has 2 heterocycles. The van der Waals surface area contributed by atoms with Crippen LogP contribution in [0.15, 0.2) is 75.9 Å². The van der Waals surface area contributed by atoms with E-state index >= 15 is 0 Å². The number of para-hydroxylation sites is 1. The van der Waals surface area contributed by atoms with Gasteiger partial charge >= 0.3 is 0 Å². The maximum absolute atomic E-state index is 11.9. The molecule has 0 bridgehead atoms. The van der Waals surface area contributed by atoms with Gasteiger partial charge in [0.05, 0.1) is 11.0 Å². The number of benzene rings is 2. The van der Waals surface area contributed by atoms with Crippen molar-refractivity contribution in [1.82, 2.24) is 10.1 Å². The highest BCUT2D eigenvalue weighted by Gasteiger charge is 2.24. The van der Waals surface area contributed by atoms with E-state index in [1.807, 2.05) is 61.5 Å². The smallest absolute Gasteiger partial charge is 0.167 e. The Balaban J connectivity index is 1.79. The van der Waals surface area contributed by atoms with Crippen molar-refractivity contribution in [2.75, 3.05) is 0 Å². The standard InChI is InChI=1S/C23H22BrN3O2S/c1-15(30(25)28)13-16(14-17-7-6-12-22(24)26-17)18-8-2-3-9-19(18)23-20-10-4-5-11-21(20)29-27-23/h2-12,15-16H,13-14,25H2,1H3/t15?,16-,30?/m1/s1. The molecule has 2 aromatic carbocycles. The molecule has 2 aromatic heterocycles. The summed E-state index contributed by atoms with van der Waals surface area (Å²) in [5, 5.41) is 10.9. The fraction of sp³-hybridized carbons (Fsp3) is 0.217. The predicted molar refractivity (Wildman–Crippen MR) is 124 cm³/mol. The Bertz CT molecular complexity index is 1190. The van der Waals surface area contributed by atoms with Crippen LogP contribution in [-0.2, 0) is 17.4 Å². The number of nitrogens with zero attached hydrogens (tertiary/aromatic N) is 2. The largest absolute Gasteiger partial charge is 0.356 e. The molecule has 5 nitrogen and oxygen atoms in total. The summed E-state index contributed by atoms with van der Waals surface area (Å²) in [4.78, 5) is 4.61. The third-order valence-electron chi connectivity index (χ3n) is 5.27. The Labute approximate surface area is 186 Å². The molecular weight excluding hydrogens is 462 g/mol. The lowest BCUT2D eigenvalue weighted by Crippen LogP contribution is -2.22. The van der Waals surface area contributed by atoms with Crippen molar-refractivity contribution < 1.29 is 8.73 Å². The first-order valence-electron chi connectivity index (χ1n) is 9.73. The van der Waals surface area contributed by atoms with E-state index in [4.69, 9.17) is 9.66 Å².